The van der Waals surface area contributed by atoms with Crippen LogP contribution in [0.1, 0.15) is 40.3 Å². The average molecular weight is 386 g/mol. The Kier molecular flexibility index (Phi) is 5.39. The fraction of sp³-hybridized carbons (Fsp3) is 0.250. The summed E-state index contributed by atoms with van der Waals surface area (Å²) >= 11 is 0. The number of nitrogens with zero attached hydrogens (tertiary/aromatic N) is 2. The van der Waals surface area contributed by atoms with E-state index in [0.29, 0.717) is 12.2 Å². The Balaban J connectivity index is 1.99. The molecule has 0 aliphatic carbocycles. The topological polar surface area (TPSA) is 75.5 Å². The maximum atomic E-state index is 13.4. The molecule has 8 heteroatoms. The van der Waals surface area contributed by atoms with Crippen LogP contribution in [0, 0.1) is 24.5 Å². The van der Waals surface area contributed by atoms with Gasteiger partial charge in [0.15, 0.2) is 23.1 Å². The molecular weight excluding hydrogens is 366 g/mol. The number of aryl methyl sites for hydroxylation is 1. The highest BCUT2D eigenvalue weighted by atomic mass is 19.2. The molecular formula is C20H20F2N4O2. The zero-order valence-electron chi connectivity index (χ0n) is 15.7. The van der Waals surface area contributed by atoms with Crippen LogP contribution in [-0.4, -0.2) is 27.7 Å². The van der Waals surface area contributed by atoms with E-state index in [1.165, 1.54) is 0 Å². The van der Waals surface area contributed by atoms with Crippen LogP contribution in [-0.2, 0) is 0 Å². The summed E-state index contributed by atoms with van der Waals surface area (Å²) in [5, 5.41) is 5.34. The molecule has 6 nitrogen and oxygen atoms in total. The quantitative estimate of drug-likeness (QED) is 0.704. The van der Waals surface area contributed by atoms with Gasteiger partial charge in [-0.2, -0.15) is 0 Å². The number of imidazole rings is 1. The molecule has 2 aromatic heterocycles. The molecule has 0 fully saturated rings. The number of anilines is 1. The van der Waals surface area contributed by atoms with Crippen molar-refractivity contribution in [1.82, 2.24) is 14.7 Å². The third-order valence-electron chi connectivity index (χ3n) is 4.07. The number of halogens is 2. The second-order valence-electron chi connectivity index (χ2n) is 6.93. The first kappa shape index (κ1) is 19.5. The van der Waals surface area contributed by atoms with Crippen molar-refractivity contribution in [3.63, 3.8) is 0 Å². The van der Waals surface area contributed by atoms with Gasteiger partial charge < -0.3 is 10.6 Å². The molecule has 0 saturated heterocycles. The van der Waals surface area contributed by atoms with E-state index < -0.39 is 23.4 Å². The second kappa shape index (κ2) is 7.75. The normalized spacial score (nSPS) is 11.1. The van der Waals surface area contributed by atoms with Gasteiger partial charge in [-0.3, -0.25) is 14.0 Å². The van der Waals surface area contributed by atoms with Gasteiger partial charge in [0, 0.05) is 18.3 Å². The van der Waals surface area contributed by atoms with Crippen LogP contribution in [0.25, 0.3) is 5.65 Å². The lowest BCUT2D eigenvalue weighted by Crippen LogP contribution is -2.29. The summed E-state index contributed by atoms with van der Waals surface area (Å²) < 4.78 is 28.1. The molecule has 0 aliphatic heterocycles. The predicted molar refractivity (Wildman–Crippen MR) is 101 cm³/mol. The zero-order chi connectivity index (χ0) is 20.4. The van der Waals surface area contributed by atoms with E-state index >= 15 is 0 Å². The molecule has 0 saturated carbocycles. The van der Waals surface area contributed by atoms with E-state index in [2.05, 4.69) is 15.6 Å². The third-order valence-corrected chi connectivity index (χ3v) is 4.07. The van der Waals surface area contributed by atoms with E-state index in [0.717, 1.165) is 23.8 Å². The molecule has 0 bridgehead atoms. The van der Waals surface area contributed by atoms with Crippen molar-refractivity contribution in [3.8, 4) is 0 Å². The number of rotatable bonds is 5. The first-order valence-electron chi connectivity index (χ1n) is 8.79. The van der Waals surface area contributed by atoms with Gasteiger partial charge in [-0.25, -0.2) is 13.8 Å². The highest BCUT2D eigenvalue weighted by molar-refractivity contribution is 6.08. The number of hydrogen-bond donors (Lipinski definition) is 2. The fourth-order valence-electron chi connectivity index (χ4n) is 2.65. The number of fused-ring (bicyclic) bond motifs is 1. The molecule has 146 valence electrons. The minimum Gasteiger partial charge on any atom is -0.350 e. The number of benzene rings is 1. The molecule has 0 unspecified atom stereocenters. The lowest BCUT2D eigenvalue weighted by atomic mass is 10.2. The molecule has 3 rings (SSSR count). The maximum absolute atomic E-state index is 13.4. The van der Waals surface area contributed by atoms with Crippen molar-refractivity contribution in [2.75, 3.05) is 11.9 Å². The van der Waals surface area contributed by atoms with Gasteiger partial charge in [0.25, 0.3) is 11.8 Å². The Labute approximate surface area is 160 Å². The first-order valence-corrected chi connectivity index (χ1v) is 8.79. The first-order chi connectivity index (χ1) is 13.3. The summed E-state index contributed by atoms with van der Waals surface area (Å²) in [4.78, 5) is 29.5. The van der Waals surface area contributed by atoms with Crippen LogP contribution in [0.15, 0.2) is 36.5 Å². The molecule has 0 radical (unpaired) electrons. The molecule has 2 heterocycles. The van der Waals surface area contributed by atoms with Crippen molar-refractivity contribution < 1.29 is 18.4 Å². The van der Waals surface area contributed by atoms with E-state index in [9.17, 15) is 18.4 Å². The Hall–Kier alpha value is -3.29. The molecule has 2 N–H and O–H groups in total. The molecule has 28 heavy (non-hydrogen) atoms. The standard InChI is InChI=1S/C20H20F2N4O2/c1-11(2)9-23-20(28)17-18(24-16-7-4-12(3)10-26(16)17)25-19(27)13-5-6-14(21)15(22)8-13/h4-8,10-11H,9H2,1-3H3,(H,23,28)(H,25,27). The number of carbonyl (C=O) groups excluding carboxylic acids is 2. The smallest absolute Gasteiger partial charge is 0.272 e. The number of nitrogens with one attached hydrogen (secondary N) is 2. The Bertz CT molecular complexity index is 1060. The van der Waals surface area contributed by atoms with Crippen LogP contribution in [0.3, 0.4) is 0 Å². The Morgan fingerprint density at radius 3 is 2.54 bits per heavy atom. The highest BCUT2D eigenvalue weighted by Crippen LogP contribution is 2.20. The van der Waals surface area contributed by atoms with E-state index in [4.69, 9.17) is 0 Å². The summed E-state index contributed by atoms with van der Waals surface area (Å²) in [6.07, 6.45) is 1.74. The largest absolute Gasteiger partial charge is 0.350 e. The fourth-order valence-corrected chi connectivity index (χ4v) is 2.65. The molecule has 3 aromatic rings. The average Bonchev–Trinajstić information content (AvgIpc) is 2.98. The van der Waals surface area contributed by atoms with Crippen molar-refractivity contribution in [2.45, 2.75) is 20.8 Å². The number of aromatic nitrogens is 2. The van der Waals surface area contributed by atoms with Crippen LogP contribution < -0.4 is 10.6 Å². The lowest BCUT2D eigenvalue weighted by molar-refractivity contribution is 0.0944. The summed E-state index contributed by atoms with van der Waals surface area (Å²) in [7, 11) is 0. The third kappa shape index (κ3) is 4.00. The van der Waals surface area contributed by atoms with Gasteiger partial charge in [-0.1, -0.05) is 19.9 Å². The van der Waals surface area contributed by atoms with E-state index in [1.54, 1.807) is 16.7 Å². The van der Waals surface area contributed by atoms with Crippen LogP contribution >= 0.6 is 0 Å². The Morgan fingerprint density at radius 1 is 1.11 bits per heavy atom. The molecule has 0 atom stereocenters. The van der Waals surface area contributed by atoms with Gasteiger partial charge in [0.2, 0.25) is 0 Å². The zero-order valence-corrected chi connectivity index (χ0v) is 15.7. The van der Waals surface area contributed by atoms with Crippen molar-refractivity contribution in [1.29, 1.82) is 0 Å². The van der Waals surface area contributed by atoms with Gasteiger partial charge in [-0.15, -0.1) is 0 Å². The number of carbonyl (C=O) groups is 2. The second-order valence-corrected chi connectivity index (χ2v) is 6.93. The van der Waals surface area contributed by atoms with Crippen molar-refractivity contribution in [2.24, 2.45) is 5.92 Å². The van der Waals surface area contributed by atoms with Gasteiger partial charge >= 0.3 is 0 Å². The number of amides is 2. The number of hydrogen-bond acceptors (Lipinski definition) is 3. The molecule has 2 amide bonds. The summed E-state index contributed by atoms with van der Waals surface area (Å²) in [6.45, 7) is 6.25. The van der Waals surface area contributed by atoms with Crippen molar-refractivity contribution >= 4 is 23.3 Å². The monoisotopic (exact) mass is 386 g/mol. The summed E-state index contributed by atoms with van der Waals surface area (Å²) in [5.41, 5.74) is 1.46. The summed E-state index contributed by atoms with van der Waals surface area (Å²) in [6, 6.07) is 6.38. The molecule has 0 aliphatic rings. The minimum atomic E-state index is -1.13. The van der Waals surface area contributed by atoms with Crippen LogP contribution in [0.4, 0.5) is 14.6 Å². The lowest BCUT2D eigenvalue weighted by Gasteiger charge is -2.10. The highest BCUT2D eigenvalue weighted by Gasteiger charge is 2.22. The minimum absolute atomic E-state index is 0.0431. The van der Waals surface area contributed by atoms with Gasteiger partial charge in [0.1, 0.15) is 5.65 Å². The SMILES string of the molecule is Cc1ccc2nc(NC(=O)c3ccc(F)c(F)c3)c(C(=O)NCC(C)C)n2c1. The van der Waals surface area contributed by atoms with E-state index in [-0.39, 0.29) is 23.0 Å². The predicted octanol–water partition coefficient (Wildman–Crippen LogP) is 3.56. The number of pyridine rings is 1. The van der Waals surface area contributed by atoms with Crippen LogP contribution in [0.5, 0.6) is 0 Å². The van der Waals surface area contributed by atoms with E-state index in [1.807, 2.05) is 26.8 Å². The van der Waals surface area contributed by atoms with Gasteiger partial charge in [0.05, 0.1) is 0 Å². The summed E-state index contributed by atoms with van der Waals surface area (Å²) in [5.74, 6) is -2.99. The van der Waals surface area contributed by atoms with Crippen molar-refractivity contribution in [3.05, 3.63) is 65.0 Å². The maximum Gasteiger partial charge on any atom is 0.272 e. The van der Waals surface area contributed by atoms with Gasteiger partial charge in [-0.05, 0) is 42.7 Å². The molecule has 0 spiro atoms. The molecule has 1 aromatic carbocycles. The van der Waals surface area contributed by atoms with Crippen LogP contribution in [0.2, 0.25) is 0 Å². The Morgan fingerprint density at radius 2 is 1.86 bits per heavy atom.